The molecule has 0 atom stereocenters. The molecule has 0 N–H and O–H groups in total. The monoisotopic (exact) mass is 253 g/mol. The largest absolute Gasteiger partial charge is 0.416 e. The van der Waals surface area contributed by atoms with E-state index in [9.17, 15) is 22.8 Å². The number of ketones is 1. The van der Waals surface area contributed by atoms with Crippen molar-refractivity contribution in [3.63, 3.8) is 0 Å². The number of amides is 1. The number of carbonyl (C=O) groups is 2. The number of nitrogens with zero attached hydrogens (tertiary/aromatic N) is 1. The summed E-state index contributed by atoms with van der Waals surface area (Å²) >= 11 is 0. The smallest absolute Gasteiger partial charge is 0.293 e. The number of alkyl halides is 3. The molecule has 0 spiro atoms. The summed E-state index contributed by atoms with van der Waals surface area (Å²) in [4.78, 5) is 24.0. The maximum atomic E-state index is 12.5. The lowest BCUT2D eigenvalue weighted by molar-refractivity contribution is -0.137. The van der Waals surface area contributed by atoms with Crippen LogP contribution in [0.2, 0.25) is 0 Å². The molecule has 1 amide bonds. The minimum absolute atomic E-state index is 0.121. The first-order chi connectivity index (χ1) is 8.36. The van der Waals surface area contributed by atoms with Gasteiger partial charge in [-0.2, -0.15) is 13.2 Å². The highest BCUT2D eigenvalue weighted by Crippen LogP contribution is 2.35. The highest BCUT2D eigenvalue weighted by Gasteiger charge is 2.38. The van der Waals surface area contributed by atoms with Gasteiger partial charge in [0.1, 0.15) is 0 Å². The summed E-state index contributed by atoms with van der Waals surface area (Å²) < 4.78 is 37.5. The van der Waals surface area contributed by atoms with E-state index < -0.39 is 23.4 Å². The van der Waals surface area contributed by atoms with Crippen LogP contribution in [0.4, 0.5) is 18.9 Å². The first-order valence-electron chi connectivity index (χ1n) is 4.87. The third-order valence-corrected chi connectivity index (χ3v) is 2.55. The van der Waals surface area contributed by atoms with Crippen LogP contribution in [0.1, 0.15) is 15.9 Å². The van der Waals surface area contributed by atoms with Gasteiger partial charge in [-0.1, -0.05) is 5.92 Å². The summed E-state index contributed by atoms with van der Waals surface area (Å²) in [6.07, 6.45) is 0.479. The van der Waals surface area contributed by atoms with Crippen LogP contribution in [0.5, 0.6) is 0 Å². The SMILES string of the molecule is C#CCN1C(=O)C(=O)c2cc(C(F)(F)F)ccc21. The normalized spacial score (nSPS) is 14.7. The summed E-state index contributed by atoms with van der Waals surface area (Å²) in [5, 5.41) is 0. The lowest BCUT2D eigenvalue weighted by Crippen LogP contribution is -2.29. The van der Waals surface area contributed by atoms with Gasteiger partial charge in [-0.05, 0) is 18.2 Å². The van der Waals surface area contributed by atoms with Gasteiger partial charge in [0.15, 0.2) is 0 Å². The molecule has 6 heteroatoms. The molecule has 0 aromatic heterocycles. The summed E-state index contributed by atoms with van der Waals surface area (Å²) in [6, 6.07) is 2.57. The van der Waals surface area contributed by atoms with Gasteiger partial charge in [0.05, 0.1) is 23.4 Å². The molecular weight excluding hydrogens is 247 g/mol. The van der Waals surface area contributed by atoms with E-state index in [4.69, 9.17) is 6.42 Å². The first-order valence-corrected chi connectivity index (χ1v) is 4.87. The molecule has 1 aromatic carbocycles. The maximum absolute atomic E-state index is 12.5. The fourth-order valence-electron chi connectivity index (χ4n) is 1.73. The van der Waals surface area contributed by atoms with Crippen LogP contribution >= 0.6 is 0 Å². The van der Waals surface area contributed by atoms with Crippen molar-refractivity contribution in [3.05, 3.63) is 29.3 Å². The molecule has 3 nitrogen and oxygen atoms in total. The molecule has 2 rings (SSSR count). The van der Waals surface area contributed by atoms with E-state index in [0.717, 1.165) is 17.0 Å². The Labute approximate surface area is 100 Å². The van der Waals surface area contributed by atoms with Crippen molar-refractivity contribution >= 4 is 17.4 Å². The van der Waals surface area contributed by atoms with E-state index in [1.54, 1.807) is 0 Å². The molecule has 18 heavy (non-hydrogen) atoms. The zero-order valence-electron chi connectivity index (χ0n) is 8.91. The zero-order chi connectivity index (χ0) is 13.5. The van der Waals surface area contributed by atoms with Crippen LogP contribution in [-0.2, 0) is 11.0 Å². The number of Topliss-reactive ketones (excluding diaryl/α,β-unsaturated/α-hetero) is 1. The number of halogens is 3. The molecule has 92 valence electrons. The molecule has 0 unspecified atom stereocenters. The lowest BCUT2D eigenvalue weighted by Gasteiger charge is -2.13. The van der Waals surface area contributed by atoms with Crippen molar-refractivity contribution in [1.82, 2.24) is 0 Å². The summed E-state index contributed by atoms with van der Waals surface area (Å²) in [5.74, 6) is 0.310. The second-order valence-electron chi connectivity index (χ2n) is 3.65. The summed E-state index contributed by atoms with van der Waals surface area (Å²) in [6.45, 7) is -0.150. The second kappa shape index (κ2) is 3.88. The molecule has 0 aliphatic carbocycles. The minimum Gasteiger partial charge on any atom is -0.293 e. The van der Waals surface area contributed by atoms with Crippen LogP contribution < -0.4 is 4.90 Å². The summed E-state index contributed by atoms with van der Waals surface area (Å²) in [7, 11) is 0. The Balaban J connectivity index is 2.54. The number of hydrogen-bond acceptors (Lipinski definition) is 2. The van der Waals surface area contributed by atoms with Crippen molar-refractivity contribution < 1.29 is 22.8 Å². The zero-order valence-corrected chi connectivity index (χ0v) is 8.91. The predicted molar refractivity (Wildman–Crippen MR) is 57.0 cm³/mol. The van der Waals surface area contributed by atoms with E-state index in [1.165, 1.54) is 0 Å². The van der Waals surface area contributed by atoms with Gasteiger partial charge in [-0.25, -0.2) is 0 Å². The average molecular weight is 253 g/mol. The predicted octanol–water partition coefficient (Wildman–Crippen LogP) is 1.87. The molecule has 0 saturated heterocycles. The van der Waals surface area contributed by atoms with Crippen LogP contribution in [0.25, 0.3) is 0 Å². The molecular formula is C12H6F3NO2. The van der Waals surface area contributed by atoms with E-state index in [0.29, 0.717) is 6.07 Å². The number of fused-ring (bicyclic) bond motifs is 1. The minimum atomic E-state index is -4.56. The Kier molecular flexibility index (Phi) is 2.62. The number of hydrogen-bond donors (Lipinski definition) is 0. The average Bonchev–Trinajstić information content (AvgIpc) is 2.54. The van der Waals surface area contributed by atoms with Gasteiger partial charge in [0, 0.05) is 0 Å². The number of carbonyl (C=O) groups excluding carboxylic acids is 2. The van der Waals surface area contributed by atoms with Crippen LogP contribution in [0.3, 0.4) is 0 Å². The fraction of sp³-hybridized carbons (Fsp3) is 0.167. The second-order valence-corrected chi connectivity index (χ2v) is 3.65. The molecule has 0 fully saturated rings. The first kappa shape index (κ1) is 12.2. The van der Waals surface area contributed by atoms with Gasteiger partial charge >= 0.3 is 6.18 Å². The van der Waals surface area contributed by atoms with Gasteiger partial charge < -0.3 is 0 Å². The highest BCUT2D eigenvalue weighted by molar-refractivity contribution is 6.52. The highest BCUT2D eigenvalue weighted by atomic mass is 19.4. The number of anilines is 1. The summed E-state index contributed by atoms with van der Waals surface area (Å²) in [5.41, 5.74) is -1.11. The van der Waals surface area contributed by atoms with Crippen LogP contribution in [-0.4, -0.2) is 18.2 Å². The molecule has 1 heterocycles. The molecule has 0 bridgehead atoms. The Bertz CT molecular complexity index is 584. The van der Waals surface area contributed by atoms with E-state index >= 15 is 0 Å². The third-order valence-electron chi connectivity index (χ3n) is 2.55. The number of terminal acetylenes is 1. The van der Waals surface area contributed by atoms with Crippen molar-refractivity contribution in [3.8, 4) is 12.3 Å². The van der Waals surface area contributed by atoms with Crippen molar-refractivity contribution in [2.75, 3.05) is 11.4 Å². The van der Waals surface area contributed by atoms with Gasteiger partial charge in [-0.15, -0.1) is 6.42 Å². The third kappa shape index (κ3) is 1.74. The Hall–Kier alpha value is -2.29. The maximum Gasteiger partial charge on any atom is 0.416 e. The van der Waals surface area contributed by atoms with Gasteiger partial charge in [0.25, 0.3) is 11.7 Å². The molecule has 1 aliphatic rings. The molecule has 1 aromatic rings. The van der Waals surface area contributed by atoms with E-state index in [-0.39, 0.29) is 17.8 Å². The fourth-order valence-corrected chi connectivity index (χ4v) is 1.73. The van der Waals surface area contributed by atoms with Crippen molar-refractivity contribution in [2.45, 2.75) is 6.18 Å². The molecule has 1 aliphatic heterocycles. The van der Waals surface area contributed by atoms with Gasteiger partial charge in [0.2, 0.25) is 0 Å². The van der Waals surface area contributed by atoms with Gasteiger partial charge in [-0.3, -0.25) is 14.5 Å². The lowest BCUT2D eigenvalue weighted by atomic mass is 10.1. The van der Waals surface area contributed by atoms with E-state index in [2.05, 4.69) is 5.92 Å². The van der Waals surface area contributed by atoms with Crippen LogP contribution in [0, 0.1) is 12.3 Å². The molecule has 0 radical (unpaired) electrons. The Morgan fingerprint density at radius 3 is 2.50 bits per heavy atom. The topological polar surface area (TPSA) is 37.4 Å². The number of benzene rings is 1. The van der Waals surface area contributed by atoms with Crippen molar-refractivity contribution in [1.29, 1.82) is 0 Å². The number of rotatable bonds is 1. The Morgan fingerprint density at radius 2 is 1.94 bits per heavy atom. The molecule has 0 saturated carbocycles. The quantitative estimate of drug-likeness (QED) is 0.566. The van der Waals surface area contributed by atoms with Crippen molar-refractivity contribution in [2.24, 2.45) is 0 Å². The van der Waals surface area contributed by atoms with Crippen LogP contribution in [0.15, 0.2) is 18.2 Å². The van der Waals surface area contributed by atoms with E-state index in [1.807, 2.05) is 0 Å². The Morgan fingerprint density at radius 1 is 1.28 bits per heavy atom. The standard InChI is InChI=1S/C12H6F3NO2/c1-2-5-16-9-4-3-7(12(13,14)15)6-8(9)10(17)11(16)18/h1,3-4,6H,5H2.